The van der Waals surface area contributed by atoms with Crippen molar-refractivity contribution in [3.05, 3.63) is 29.3 Å². The maximum Gasteiger partial charge on any atom is 0.250 e. The van der Waals surface area contributed by atoms with E-state index in [9.17, 15) is 9.59 Å². The summed E-state index contributed by atoms with van der Waals surface area (Å²) in [5.74, 6) is -0.297. The standard InChI is InChI=1S/C14H19NO3/c1-4-8-18-9-13(17)15-12-7-5-6-10(2)14(12)11(3)16/h5-7H,4,8-9H2,1-3H3,(H,15,17). The first-order valence-corrected chi connectivity index (χ1v) is 6.04. The van der Waals surface area contributed by atoms with Gasteiger partial charge in [-0.15, -0.1) is 0 Å². The van der Waals surface area contributed by atoms with Crippen molar-refractivity contribution in [2.45, 2.75) is 27.2 Å². The first-order valence-electron chi connectivity index (χ1n) is 6.04. The van der Waals surface area contributed by atoms with Gasteiger partial charge in [0, 0.05) is 12.2 Å². The van der Waals surface area contributed by atoms with E-state index in [0.29, 0.717) is 17.9 Å². The average Bonchev–Trinajstić information content (AvgIpc) is 2.28. The highest BCUT2D eigenvalue weighted by Crippen LogP contribution is 2.19. The minimum atomic E-state index is -0.239. The molecule has 0 saturated heterocycles. The molecule has 0 aliphatic rings. The molecule has 0 fully saturated rings. The van der Waals surface area contributed by atoms with Gasteiger partial charge >= 0.3 is 0 Å². The summed E-state index contributed by atoms with van der Waals surface area (Å²) in [5.41, 5.74) is 1.96. The Labute approximate surface area is 107 Å². The molecule has 0 aliphatic carbocycles. The number of hydrogen-bond donors (Lipinski definition) is 1. The maximum absolute atomic E-state index is 11.6. The zero-order valence-electron chi connectivity index (χ0n) is 11.1. The number of nitrogens with one attached hydrogen (secondary N) is 1. The van der Waals surface area contributed by atoms with Gasteiger partial charge in [-0.25, -0.2) is 0 Å². The van der Waals surface area contributed by atoms with Crippen molar-refractivity contribution in [2.24, 2.45) is 0 Å². The normalized spacial score (nSPS) is 10.2. The number of carbonyl (C=O) groups excluding carboxylic acids is 2. The van der Waals surface area contributed by atoms with Crippen LogP contribution in [-0.4, -0.2) is 24.9 Å². The number of Topliss-reactive ketones (excluding diaryl/α,β-unsaturated/α-hetero) is 1. The van der Waals surface area contributed by atoms with Crippen LogP contribution in [0.15, 0.2) is 18.2 Å². The van der Waals surface area contributed by atoms with Gasteiger partial charge in [0.2, 0.25) is 5.91 Å². The van der Waals surface area contributed by atoms with Crippen LogP contribution >= 0.6 is 0 Å². The molecular weight excluding hydrogens is 230 g/mol. The lowest BCUT2D eigenvalue weighted by atomic mass is 10.0. The zero-order chi connectivity index (χ0) is 13.5. The number of ketones is 1. The fourth-order valence-corrected chi connectivity index (χ4v) is 1.73. The number of carbonyl (C=O) groups is 2. The number of amides is 1. The van der Waals surface area contributed by atoms with Gasteiger partial charge in [0.05, 0.1) is 5.69 Å². The van der Waals surface area contributed by atoms with Crippen molar-refractivity contribution in [3.63, 3.8) is 0 Å². The van der Waals surface area contributed by atoms with Gasteiger partial charge in [-0.1, -0.05) is 19.1 Å². The second kappa shape index (κ2) is 6.91. The second-order valence-electron chi connectivity index (χ2n) is 4.15. The third-order valence-electron chi connectivity index (χ3n) is 2.48. The zero-order valence-corrected chi connectivity index (χ0v) is 11.1. The molecule has 1 amide bonds. The van der Waals surface area contributed by atoms with Crippen LogP contribution in [0.1, 0.15) is 36.2 Å². The molecule has 98 valence electrons. The minimum Gasteiger partial charge on any atom is -0.372 e. The maximum atomic E-state index is 11.6. The van der Waals surface area contributed by atoms with Crippen molar-refractivity contribution in [3.8, 4) is 0 Å². The van der Waals surface area contributed by atoms with E-state index in [0.717, 1.165) is 12.0 Å². The molecule has 0 aromatic heterocycles. The first-order chi connectivity index (χ1) is 8.56. The van der Waals surface area contributed by atoms with E-state index >= 15 is 0 Å². The average molecular weight is 249 g/mol. The molecule has 1 N–H and O–H groups in total. The molecule has 4 nitrogen and oxygen atoms in total. The van der Waals surface area contributed by atoms with E-state index in [1.807, 2.05) is 26.0 Å². The van der Waals surface area contributed by atoms with Crippen molar-refractivity contribution in [1.82, 2.24) is 0 Å². The van der Waals surface area contributed by atoms with Crippen LogP contribution in [0.4, 0.5) is 5.69 Å². The van der Waals surface area contributed by atoms with Gasteiger partial charge in [0.15, 0.2) is 5.78 Å². The number of rotatable bonds is 6. The summed E-state index contributed by atoms with van der Waals surface area (Å²) in [6.07, 6.45) is 0.871. The lowest BCUT2D eigenvalue weighted by molar-refractivity contribution is -0.120. The van der Waals surface area contributed by atoms with Crippen LogP contribution in [0.25, 0.3) is 0 Å². The Kier molecular flexibility index (Phi) is 5.52. The monoisotopic (exact) mass is 249 g/mol. The molecule has 0 saturated carbocycles. The lowest BCUT2D eigenvalue weighted by Gasteiger charge is -2.11. The Morgan fingerprint density at radius 1 is 1.33 bits per heavy atom. The van der Waals surface area contributed by atoms with E-state index in [1.165, 1.54) is 6.92 Å². The van der Waals surface area contributed by atoms with E-state index < -0.39 is 0 Å². The Bertz CT molecular complexity index is 441. The van der Waals surface area contributed by atoms with Crippen molar-refractivity contribution >= 4 is 17.4 Å². The van der Waals surface area contributed by atoms with Crippen molar-refractivity contribution in [1.29, 1.82) is 0 Å². The highest BCUT2D eigenvalue weighted by Gasteiger charge is 2.12. The van der Waals surface area contributed by atoms with E-state index in [4.69, 9.17) is 4.74 Å². The molecule has 0 atom stereocenters. The predicted molar refractivity (Wildman–Crippen MR) is 70.9 cm³/mol. The predicted octanol–water partition coefficient (Wildman–Crippen LogP) is 2.56. The van der Waals surface area contributed by atoms with E-state index in [1.54, 1.807) is 6.07 Å². The summed E-state index contributed by atoms with van der Waals surface area (Å²) in [6, 6.07) is 5.38. The molecule has 0 bridgehead atoms. The molecule has 18 heavy (non-hydrogen) atoms. The molecule has 0 spiro atoms. The summed E-state index contributed by atoms with van der Waals surface area (Å²) < 4.78 is 5.15. The van der Waals surface area contributed by atoms with Crippen molar-refractivity contribution in [2.75, 3.05) is 18.5 Å². The SMILES string of the molecule is CCCOCC(=O)Nc1cccc(C)c1C(C)=O. The van der Waals surface area contributed by atoms with Gasteiger partial charge in [0.1, 0.15) is 6.61 Å². The number of ether oxygens (including phenoxy) is 1. The van der Waals surface area contributed by atoms with Crippen LogP contribution in [-0.2, 0) is 9.53 Å². The number of aryl methyl sites for hydroxylation is 1. The molecule has 1 aromatic carbocycles. The van der Waals surface area contributed by atoms with Gasteiger partial charge in [0.25, 0.3) is 0 Å². The number of benzene rings is 1. The highest BCUT2D eigenvalue weighted by atomic mass is 16.5. The molecule has 0 radical (unpaired) electrons. The Morgan fingerprint density at radius 3 is 2.67 bits per heavy atom. The Morgan fingerprint density at radius 2 is 2.06 bits per heavy atom. The molecular formula is C14H19NO3. The number of hydrogen-bond acceptors (Lipinski definition) is 3. The highest BCUT2D eigenvalue weighted by molar-refractivity contribution is 6.05. The first kappa shape index (κ1) is 14.4. The minimum absolute atomic E-state index is 0.0130. The third kappa shape index (κ3) is 3.96. The molecule has 0 unspecified atom stereocenters. The molecule has 1 aromatic rings. The number of anilines is 1. The third-order valence-corrected chi connectivity index (χ3v) is 2.48. The molecule has 0 aliphatic heterocycles. The van der Waals surface area contributed by atoms with Gasteiger partial charge in [-0.2, -0.15) is 0 Å². The fraction of sp³-hybridized carbons (Fsp3) is 0.429. The quantitative estimate of drug-likeness (QED) is 0.622. The van der Waals surface area contributed by atoms with Crippen LogP contribution in [0.2, 0.25) is 0 Å². The molecule has 1 rings (SSSR count). The smallest absolute Gasteiger partial charge is 0.250 e. The van der Waals surface area contributed by atoms with Crippen LogP contribution in [0.3, 0.4) is 0 Å². The van der Waals surface area contributed by atoms with Crippen LogP contribution in [0.5, 0.6) is 0 Å². The van der Waals surface area contributed by atoms with Crippen LogP contribution in [0, 0.1) is 6.92 Å². The second-order valence-corrected chi connectivity index (χ2v) is 4.15. The topological polar surface area (TPSA) is 55.4 Å². The summed E-state index contributed by atoms with van der Waals surface area (Å²) >= 11 is 0. The largest absolute Gasteiger partial charge is 0.372 e. The molecule has 4 heteroatoms. The summed E-state index contributed by atoms with van der Waals surface area (Å²) in [4.78, 5) is 23.2. The Hall–Kier alpha value is -1.68. The van der Waals surface area contributed by atoms with Gasteiger partial charge < -0.3 is 10.1 Å². The summed E-state index contributed by atoms with van der Waals surface area (Å²) in [6.45, 7) is 5.89. The Balaban J connectivity index is 2.75. The van der Waals surface area contributed by atoms with E-state index in [-0.39, 0.29) is 18.3 Å². The van der Waals surface area contributed by atoms with Crippen molar-refractivity contribution < 1.29 is 14.3 Å². The lowest BCUT2D eigenvalue weighted by Crippen LogP contribution is -2.20. The fourth-order valence-electron chi connectivity index (χ4n) is 1.73. The van der Waals surface area contributed by atoms with Crippen LogP contribution < -0.4 is 5.32 Å². The van der Waals surface area contributed by atoms with Gasteiger partial charge in [-0.05, 0) is 31.9 Å². The molecule has 0 heterocycles. The van der Waals surface area contributed by atoms with Gasteiger partial charge in [-0.3, -0.25) is 9.59 Å². The summed E-state index contributed by atoms with van der Waals surface area (Å²) in [7, 11) is 0. The summed E-state index contributed by atoms with van der Waals surface area (Å²) in [5, 5.41) is 2.71. The van der Waals surface area contributed by atoms with E-state index in [2.05, 4.69) is 5.32 Å².